The Kier molecular flexibility index (Phi) is 3.99. The third-order valence-corrected chi connectivity index (χ3v) is 4.49. The zero-order valence-electron chi connectivity index (χ0n) is 13.3. The number of hydrogen-bond acceptors (Lipinski definition) is 8. The van der Waals surface area contributed by atoms with Gasteiger partial charge in [-0.05, 0) is 24.4 Å². The molecule has 1 saturated heterocycles. The molecular formula is C14H17ClN6O4. The lowest BCUT2D eigenvalue weighted by atomic mass is 10.1. The van der Waals surface area contributed by atoms with Crippen molar-refractivity contribution in [1.82, 2.24) is 24.8 Å². The Balaban J connectivity index is 1.66. The van der Waals surface area contributed by atoms with E-state index in [-0.39, 0.29) is 11.3 Å². The molecule has 11 heteroatoms. The third kappa shape index (κ3) is 2.80. The molecule has 134 valence electrons. The van der Waals surface area contributed by atoms with Crippen molar-refractivity contribution in [3.05, 3.63) is 11.6 Å². The first-order valence-electron chi connectivity index (χ1n) is 7.89. The van der Waals surface area contributed by atoms with E-state index in [1.54, 1.807) is 7.05 Å². The summed E-state index contributed by atoms with van der Waals surface area (Å²) in [6, 6.07) is 0.123. The molecule has 2 aromatic rings. The predicted octanol–water partition coefficient (Wildman–Crippen LogP) is -0.581. The van der Waals surface area contributed by atoms with E-state index in [0.29, 0.717) is 17.0 Å². The summed E-state index contributed by atoms with van der Waals surface area (Å²) in [6.45, 7) is 0. The van der Waals surface area contributed by atoms with Crippen LogP contribution in [0.1, 0.15) is 19.1 Å². The van der Waals surface area contributed by atoms with Gasteiger partial charge in [-0.1, -0.05) is 0 Å². The molecule has 0 bridgehead atoms. The normalized spacial score (nSPS) is 29.1. The fourth-order valence-electron chi connectivity index (χ4n) is 2.87. The molecule has 10 nitrogen and oxygen atoms in total. The van der Waals surface area contributed by atoms with Gasteiger partial charge in [0, 0.05) is 13.1 Å². The summed E-state index contributed by atoms with van der Waals surface area (Å²) >= 11 is 5.93. The lowest BCUT2D eigenvalue weighted by molar-refractivity contribution is -0.137. The van der Waals surface area contributed by atoms with Gasteiger partial charge < -0.3 is 25.6 Å². The molecule has 0 radical (unpaired) electrons. The van der Waals surface area contributed by atoms with Crippen LogP contribution in [0, 0.1) is 0 Å². The van der Waals surface area contributed by atoms with Crippen molar-refractivity contribution < 1.29 is 19.7 Å². The lowest BCUT2D eigenvalue weighted by Crippen LogP contribution is -2.43. The van der Waals surface area contributed by atoms with Crippen molar-refractivity contribution >= 4 is 34.5 Å². The maximum Gasteiger partial charge on any atom is 0.252 e. The molecule has 0 aromatic carbocycles. The molecule has 0 unspecified atom stereocenters. The molecule has 4 N–H and O–H groups in total. The van der Waals surface area contributed by atoms with Crippen molar-refractivity contribution in [3.63, 3.8) is 0 Å². The number of aliphatic hydroxyl groups excluding tert-OH is 2. The van der Waals surface area contributed by atoms with Crippen LogP contribution >= 0.6 is 11.6 Å². The SMILES string of the molecule is CNc1nc(Cl)nc2c1ncn2[C@@H]1O[C@H](C(=O)NC2CC2)[C@@H](O)[C@H]1O. The molecule has 2 aliphatic rings. The zero-order valence-corrected chi connectivity index (χ0v) is 14.0. The summed E-state index contributed by atoms with van der Waals surface area (Å²) in [6.07, 6.45) is -1.64. The van der Waals surface area contributed by atoms with Gasteiger partial charge in [0.2, 0.25) is 5.28 Å². The minimum Gasteiger partial charge on any atom is -0.387 e. The first-order chi connectivity index (χ1) is 12.0. The van der Waals surface area contributed by atoms with Crippen molar-refractivity contribution in [1.29, 1.82) is 0 Å². The number of ether oxygens (including phenoxy) is 1. The van der Waals surface area contributed by atoms with E-state index in [4.69, 9.17) is 16.3 Å². The van der Waals surface area contributed by atoms with Crippen LogP contribution in [0.3, 0.4) is 0 Å². The number of imidazole rings is 1. The zero-order chi connectivity index (χ0) is 17.7. The Morgan fingerprint density at radius 2 is 2.12 bits per heavy atom. The number of hydrogen-bond donors (Lipinski definition) is 4. The van der Waals surface area contributed by atoms with Gasteiger partial charge in [-0.2, -0.15) is 9.97 Å². The second-order valence-corrected chi connectivity index (χ2v) is 6.46. The van der Waals surface area contributed by atoms with Crippen LogP contribution < -0.4 is 10.6 Å². The van der Waals surface area contributed by atoms with Crippen molar-refractivity contribution in [3.8, 4) is 0 Å². The van der Waals surface area contributed by atoms with Gasteiger partial charge in [-0.25, -0.2) is 4.98 Å². The molecule has 2 fully saturated rings. The fraction of sp³-hybridized carbons (Fsp3) is 0.571. The van der Waals surface area contributed by atoms with Crippen LogP contribution in [0.2, 0.25) is 5.28 Å². The minimum absolute atomic E-state index is 0.00494. The number of fused-ring (bicyclic) bond motifs is 1. The highest BCUT2D eigenvalue weighted by atomic mass is 35.5. The molecule has 1 amide bonds. The highest BCUT2D eigenvalue weighted by Gasteiger charge is 2.48. The Morgan fingerprint density at radius 3 is 2.80 bits per heavy atom. The molecule has 1 aliphatic heterocycles. The summed E-state index contributed by atoms with van der Waals surface area (Å²) < 4.78 is 7.06. The van der Waals surface area contributed by atoms with Gasteiger partial charge in [0.05, 0.1) is 6.33 Å². The topological polar surface area (TPSA) is 134 Å². The average Bonchev–Trinajstić information content (AvgIpc) is 3.23. The number of amides is 1. The summed E-state index contributed by atoms with van der Waals surface area (Å²) in [5.74, 6) is -0.0191. The summed E-state index contributed by atoms with van der Waals surface area (Å²) in [5.41, 5.74) is 0.756. The van der Waals surface area contributed by atoms with Crippen LogP contribution in [-0.4, -0.2) is 67.0 Å². The lowest BCUT2D eigenvalue weighted by Gasteiger charge is -2.16. The maximum absolute atomic E-state index is 12.2. The van der Waals surface area contributed by atoms with E-state index in [0.717, 1.165) is 12.8 Å². The van der Waals surface area contributed by atoms with Crippen LogP contribution in [0.25, 0.3) is 11.2 Å². The van der Waals surface area contributed by atoms with Crippen LogP contribution in [0.4, 0.5) is 5.82 Å². The van der Waals surface area contributed by atoms with Crippen LogP contribution in [0.15, 0.2) is 6.33 Å². The van der Waals surface area contributed by atoms with E-state index in [1.165, 1.54) is 10.9 Å². The van der Waals surface area contributed by atoms with Crippen molar-refractivity contribution in [2.45, 2.75) is 43.4 Å². The van der Waals surface area contributed by atoms with Crippen molar-refractivity contribution in [2.75, 3.05) is 12.4 Å². The van der Waals surface area contributed by atoms with Gasteiger partial charge in [0.25, 0.3) is 5.91 Å². The number of carbonyl (C=O) groups is 1. The fourth-order valence-corrected chi connectivity index (χ4v) is 3.03. The van der Waals surface area contributed by atoms with E-state index < -0.39 is 30.4 Å². The highest BCUT2D eigenvalue weighted by Crippen LogP contribution is 2.33. The first kappa shape index (κ1) is 16.5. The molecule has 0 spiro atoms. The number of aliphatic hydroxyl groups is 2. The molecule has 2 aromatic heterocycles. The highest BCUT2D eigenvalue weighted by molar-refractivity contribution is 6.28. The monoisotopic (exact) mass is 368 g/mol. The first-order valence-corrected chi connectivity index (χ1v) is 8.27. The van der Waals surface area contributed by atoms with E-state index in [9.17, 15) is 15.0 Å². The number of nitrogens with one attached hydrogen (secondary N) is 2. The molecule has 25 heavy (non-hydrogen) atoms. The number of rotatable bonds is 4. The molecule has 4 rings (SSSR count). The Labute approximate surface area is 147 Å². The molecule has 1 aliphatic carbocycles. The van der Waals surface area contributed by atoms with Crippen molar-refractivity contribution in [2.24, 2.45) is 0 Å². The van der Waals surface area contributed by atoms with Gasteiger partial charge in [0.1, 0.15) is 12.2 Å². The van der Waals surface area contributed by atoms with Gasteiger partial charge in [-0.15, -0.1) is 0 Å². The predicted molar refractivity (Wildman–Crippen MR) is 87.0 cm³/mol. The average molecular weight is 369 g/mol. The Hall–Kier alpha value is -2.01. The van der Waals surface area contributed by atoms with Gasteiger partial charge in [0.15, 0.2) is 29.3 Å². The van der Waals surface area contributed by atoms with Crippen LogP contribution in [0.5, 0.6) is 0 Å². The molecule has 1 saturated carbocycles. The summed E-state index contributed by atoms with van der Waals surface area (Å²) in [4.78, 5) is 24.5. The van der Waals surface area contributed by atoms with E-state index in [1.807, 2.05) is 0 Å². The maximum atomic E-state index is 12.2. The van der Waals surface area contributed by atoms with E-state index in [2.05, 4.69) is 25.6 Å². The summed E-state index contributed by atoms with van der Waals surface area (Å²) in [7, 11) is 1.67. The Morgan fingerprint density at radius 1 is 1.36 bits per heavy atom. The second-order valence-electron chi connectivity index (χ2n) is 6.13. The number of anilines is 1. The quantitative estimate of drug-likeness (QED) is 0.526. The smallest absolute Gasteiger partial charge is 0.252 e. The standard InChI is InChI=1S/C14H17ClN6O4/c1-16-10-6-11(20-14(15)19-10)21(4-17-6)13-8(23)7(22)9(25-13)12(24)18-5-2-3-5/h4-5,7-9,13,22-23H,2-3H2,1H3,(H,18,24)(H,16,19,20)/t7-,8+,9-,13+/m0/s1. The third-order valence-electron chi connectivity index (χ3n) is 4.33. The molecular weight excluding hydrogens is 352 g/mol. The largest absolute Gasteiger partial charge is 0.387 e. The number of aromatic nitrogens is 4. The van der Waals surface area contributed by atoms with Gasteiger partial charge in [-0.3, -0.25) is 9.36 Å². The van der Waals surface area contributed by atoms with Crippen LogP contribution in [-0.2, 0) is 9.53 Å². The second kappa shape index (κ2) is 6.06. The summed E-state index contributed by atoms with van der Waals surface area (Å²) in [5, 5.41) is 26.2. The molecule has 3 heterocycles. The van der Waals surface area contributed by atoms with Gasteiger partial charge >= 0.3 is 0 Å². The number of halogens is 1. The number of nitrogens with zero attached hydrogens (tertiary/aromatic N) is 4. The Bertz CT molecular complexity index is 825. The van der Waals surface area contributed by atoms with E-state index >= 15 is 0 Å². The number of carbonyl (C=O) groups excluding carboxylic acids is 1. The minimum atomic E-state index is -1.36. The molecule has 4 atom stereocenters.